The summed E-state index contributed by atoms with van der Waals surface area (Å²) in [5, 5.41) is 22.6. The Hall–Kier alpha value is -3.65. The summed E-state index contributed by atoms with van der Waals surface area (Å²) in [5.41, 5.74) is -0.0699. The molecule has 0 radical (unpaired) electrons. The van der Waals surface area contributed by atoms with Gasteiger partial charge in [0.05, 0.1) is 34.6 Å². The van der Waals surface area contributed by atoms with Crippen LogP contribution in [0, 0.1) is 10.1 Å². The number of nitrogens with zero attached hydrogens (tertiary/aromatic N) is 3. The highest BCUT2D eigenvalue weighted by Gasteiger charge is 2.46. The Morgan fingerprint density at radius 2 is 1.84 bits per heavy atom. The van der Waals surface area contributed by atoms with Crippen LogP contribution in [0.5, 0.6) is 0 Å². The van der Waals surface area contributed by atoms with Gasteiger partial charge in [-0.05, 0) is 36.2 Å². The van der Waals surface area contributed by atoms with Crippen LogP contribution in [-0.4, -0.2) is 85.9 Å². The van der Waals surface area contributed by atoms with E-state index in [1.165, 1.54) is 64.8 Å². The molecule has 2 aromatic rings. The zero-order valence-electron chi connectivity index (χ0n) is 20.6. The fourth-order valence-electron chi connectivity index (χ4n) is 4.52. The first kappa shape index (κ1) is 27.4. The van der Waals surface area contributed by atoms with Crippen LogP contribution in [0.1, 0.15) is 23.6 Å². The number of aliphatic hydroxyl groups excluding tert-OH is 1. The lowest BCUT2D eigenvalue weighted by molar-refractivity contribution is -0.384. The minimum absolute atomic E-state index is 0.00574. The Bertz CT molecular complexity index is 1370. The maximum Gasteiger partial charge on any atom is 0.295 e. The van der Waals surface area contributed by atoms with E-state index in [0.29, 0.717) is 26.2 Å². The number of nitro groups is 1. The molecule has 2 aliphatic heterocycles. The number of nitro benzene ring substituents is 1. The van der Waals surface area contributed by atoms with Crippen LogP contribution in [0.4, 0.5) is 5.69 Å². The molecule has 2 fully saturated rings. The van der Waals surface area contributed by atoms with Crippen molar-refractivity contribution >= 4 is 33.2 Å². The van der Waals surface area contributed by atoms with Crippen molar-refractivity contribution < 1.29 is 37.5 Å². The minimum atomic E-state index is -3.78. The van der Waals surface area contributed by atoms with Crippen LogP contribution in [0.2, 0.25) is 0 Å². The number of rotatable bonds is 9. The Kier molecular flexibility index (Phi) is 8.21. The lowest BCUT2D eigenvalue weighted by atomic mass is 9.95. The van der Waals surface area contributed by atoms with Gasteiger partial charge in [-0.1, -0.05) is 12.1 Å². The van der Waals surface area contributed by atoms with Crippen molar-refractivity contribution in [1.82, 2.24) is 9.21 Å². The molecule has 12 nitrogen and oxygen atoms in total. The topological polar surface area (TPSA) is 157 Å². The molecule has 2 aliphatic rings. The van der Waals surface area contributed by atoms with Gasteiger partial charge in [0.2, 0.25) is 10.0 Å². The number of sulfonamides is 1. The molecule has 2 aromatic carbocycles. The smallest absolute Gasteiger partial charge is 0.295 e. The summed E-state index contributed by atoms with van der Waals surface area (Å²) >= 11 is 0. The van der Waals surface area contributed by atoms with Gasteiger partial charge in [-0.3, -0.25) is 19.7 Å². The molecule has 0 bridgehead atoms. The van der Waals surface area contributed by atoms with Gasteiger partial charge in [0.15, 0.2) is 0 Å². The molecule has 2 heterocycles. The molecular formula is C25H27N3O9S. The average molecular weight is 546 g/mol. The van der Waals surface area contributed by atoms with Gasteiger partial charge in [-0.25, -0.2) is 8.42 Å². The van der Waals surface area contributed by atoms with Crippen LogP contribution in [-0.2, 0) is 29.1 Å². The first-order valence-electron chi connectivity index (χ1n) is 11.9. The molecule has 0 saturated carbocycles. The van der Waals surface area contributed by atoms with Crippen LogP contribution in [0.3, 0.4) is 0 Å². The fourth-order valence-corrected chi connectivity index (χ4v) is 5.93. The molecular weight excluding hydrogens is 518 g/mol. The third kappa shape index (κ3) is 5.31. The predicted molar refractivity (Wildman–Crippen MR) is 135 cm³/mol. The standard InChI is InChI=1S/C25H27N3O9S/c1-36-13-3-10-27-22(18-4-2-5-19(16-18)28(32)33)21(24(30)25(27)31)23(29)17-6-8-20(9-7-17)38(34,35)26-11-14-37-15-12-26/h2,4-9,16,22,29H,3,10-15H2,1H3/b23-21+/t22-/m1/s1. The summed E-state index contributed by atoms with van der Waals surface area (Å²) < 4.78 is 37.4. The number of Topliss-reactive ketones (excluding diaryl/α,β-unsaturated/α-hetero) is 1. The number of hydrogen-bond acceptors (Lipinski definition) is 9. The molecule has 13 heteroatoms. The molecule has 0 aliphatic carbocycles. The van der Waals surface area contributed by atoms with Gasteiger partial charge in [0.1, 0.15) is 5.76 Å². The van der Waals surface area contributed by atoms with Crippen molar-refractivity contribution in [3.05, 3.63) is 75.3 Å². The number of carbonyl (C=O) groups excluding carboxylic acids is 2. The summed E-state index contributed by atoms with van der Waals surface area (Å²) in [7, 11) is -2.29. The number of methoxy groups -OCH3 is 1. The molecule has 0 aromatic heterocycles. The van der Waals surface area contributed by atoms with E-state index in [9.17, 15) is 33.2 Å². The normalized spacial score (nSPS) is 20.1. The van der Waals surface area contributed by atoms with Crippen LogP contribution in [0.15, 0.2) is 59.0 Å². The molecule has 1 N–H and O–H groups in total. The quantitative estimate of drug-likeness (QED) is 0.124. The number of carbonyl (C=O) groups is 2. The molecule has 1 amide bonds. The first-order chi connectivity index (χ1) is 18.2. The molecule has 0 spiro atoms. The number of morpholine rings is 1. The highest BCUT2D eigenvalue weighted by Crippen LogP contribution is 2.40. The Morgan fingerprint density at radius 1 is 1.16 bits per heavy atom. The predicted octanol–water partition coefficient (Wildman–Crippen LogP) is 2.07. The van der Waals surface area contributed by atoms with E-state index in [4.69, 9.17) is 9.47 Å². The third-order valence-electron chi connectivity index (χ3n) is 6.42. The van der Waals surface area contributed by atoms with E-state index in [2.05, 4.69) is 0 Å². The van der Waals surface area contributed by atoms with Gasteiger partial charge in [0, 0.05) is 51.0 Å². The summed E-state index contributed by atoms with van der Waals surface area (Å²) in [6.45, 7) is 1.45. The van der Waals surface area contributed by atoms with Crippen molar-refractivity contribution in [2.75, 3.05) is 46.6 Å². The second-order valence-corrected chi connectivity index (χ2v) is 10.7. The van der Waals surface area contributed by atoms with Crippen LogP contribution < -0.4 is 0 Å². The van der Waals surface area contributed by atoms with Crippen LogP contribution in [0.25, 0.3) is 5.76 Å². The first-order valence-corrected chi connectivity index (χ1v) is 13.3. The molecule has 202 valence electrons. The number of amides is 1. The molecule has 2 saturated heterocycles. The second kappa shape index (κ2) is 11.4. The monoisotopic (exact) mass is 545 g/mol. The van der Waals surface area contributed by atoms with Crippen LogP contribution >= 0.6 is 0 Å². The lowest BCUT2D eigenvalue weighted by Gasteiger charge is -2.26. The Morgan fingerprint density at radius 3 is 2.47 bits per heavy atom. The zero-order valence-corrected chi connectivity index (χ0v) is 21.4. The van der Waals surface area contributed by atoms with E-state index in [0.717, 1.165) is 0 Å². The summed E-state index contributed by atoms with van der Waals surface area (Å²) in [6.07, 6.45) is 0.392. The number of hydrogen-bond donors (Lipinski definition) is 1. The van der Waals surface area contributed by atoms with Crippen molar-refractivity contribution in [2.45, 2.75) is 17.4 Å². The van der Waals surface area contributed by atoms with Crippen molar-refractivity contribution in [1.29, 1.82) is 0 Å². The molecule has 0 unspecified atom stereocenters. The summed E-state index contributed by atoms with van der Waals surface area (Å²) in [6, 6.07) is 9.78. The highest BCUT2D eigenvalue weighted by molar-refractivity contribution is 7.89. The van der Waals surface area contributed by atoms with E-state index in [1.807, 2.05) is 0 Å². The van der Waals surface area contributed by atoms with Crippen molar-refractivity contribution in [3.8, 4) is 0 Å². The second-order valence-electron chi connectivity index (χ2n) is 8.73. The van der Waals surface area contributed by atoms with E-state index in [1.54, 1.807) is 0 Å². The summed E-state index contributed by atoms with van der Waals surface area (Å²) in [4.78, 5) is 38.1. The number of likely N-dealkylation sites (tertiary alicyclic amines) is 1. The fraction of sp³-hybridized carbons (Fsp3) is 0.360. The average Bonchev–Trinajstić information content (AvgIpc) is 3.18. The van der Waals surface area contributed by atoms with Gasteiger partial charge in [-0.15, -0.1) is 0 Å². The number of ether oxygens (including phenoxy) is 2. The zero-order chi connectivity index (χ0) is 27.4. The van der Waals surface area contributed by atoms with E-state index < -0.39 is 38.4 Å². The SMILES string of the molecule is COCCCN1C(=O)C(=O)/C(=C(/O)c2ccc(S(=O)(=O)N3CCOCC3)cc2)[C@H]1c1cccc([N+](=O)[O-])c1. The number of non-ortho nitro benzene ring substituents is 1. The maximum atomic E-state index is 13.1. The van der Waals surface area contributed by atoms with Crippen molar-refractivity contribution in [3.63, 3.8) is 0 Å². The van der Waals surface area contributed by atoms with Gasteiger partial charge < -0.3 is 19.5 Å². The molecule has 1 atom stereocenters. The van der Waals surface area contributed by atoms with Gasteiger partial charge in [-0.2, -0.15) is 4.31 Å². The van der Waals surface area contributed by atoms with Gasteiger partial charge in [0.25, 0.3) is 17.4 Å². The van der Waals surface area contributed by atoms with Crippen molar-refractivity contribution in [2.24, 2.45) is 0 Å². The lowest BCUT2D eigenvalue weighted by Crippen LogP contribution is -2.40. The maximum absolute atomic E-state index is 13.1. The minimum Gasteiger partial charge on any atom is -0.507 e. The number of aliphatic hydroxyl groups is 1. The summed E-state index contributed by atoms with van der Waals surface area (Å²) in [5.74, 6) is -2.31. The number of benzene rings is 2. The van der Waals surface area contributed by atoms with Gasteiger partial charge >= 0.3 is 0 Å². The third-order valence-corrected chi connectivity index (χ3v) is 8.33. The van der Waals surface area contributed by atoms with E-state index in [-0.39, 0.29) is 46.9 Å². The number of ketones is 1. The molecule has 38 heavy (non-hydrogen) atoms. The Labute approximate surface area is 219 Å². The highest BCUT2D eigenvalue weighted by atomic mass is 32.2. The van der Waals surface area contributed by atoms with E-state index >= 15 is 0 Å². The Balaban J connectivity index is 1.75. The molecule has 4 rings (SSSR count). The largest absolute Gasteiger partial charge is 0.507 e.